The Bertz CT molecular complexity index is 994. The number of rotatable bonds is 12. The number of nitrogens with zero attached hydrogens (tertiary/aromatic N) is 2. The van der Waals surface area contributed by atoms with Crippen molar-refractivity contribution in [3.05, 3.63) is 70.9 Å². The van der Waals surface area contributed by atoms with Crippen LogP contribution in [0.3, 0.4) is 0 Å². The lowest BCUT2D eigenvalue weighted by molar-refractivity contribution is -0.136. The number of hydrogen-bond acceptors (Lipinski definition) is 3. The van der Waals surface area contributed by atoms with Gasteiger partial charge in [-0.2, -0.15) is 0 Å². The molecule has 2 amide bonds. The summed E-state index contributed by atoms with van der Waals surface area (Å²) in [5.41, 5.74) is 4.97. The van der Waals surface area contributed by atoms with Crippen molar-refractivity contribution in [2.45, 2.75) is 72.1 Å². The molecule has 1 aliphatic heterocycles. The number of para-hydroxylation sites is 1. The van der Waals surface area contributed by atoms with Gasteiger partial charge in [0.2, 0.25) is 0 Å². The standard InChI is InChI=1S/C29H38N2O2/c1-5-6-7-8-9-10-11-15-20-31-28(32)26(24-19-18-22(2)23(3)21-24)27(29(31)33)30(4)25-16-13-12-14-17-25/h12-14,16-19,21H,5-11,15,20H2,1-4H3. The van der Waals surface area contributed by atoms with Gasteiger partial charge in [0.25, 0.3) is 11.8 Å². The second kappa shape index (κ2) is 11.8. The maximum Gasteiger partial charge on any atom is 0.278 e. The van der Waals surface area contributed by atoms with Crippen molar-refractivity contribution in [1.82, 2.24) is 4.90 Å². The molecule has 4 heteroatoms. The Morgan fingerprint density at radius 2 is 1.39 bits per heavy atom. The van der Waals surface area contributed by atoms with E-state index in [1.54, 1.807) is 0 Å². The van der Waals surface area contributed by atoms with Crippen molar-refractivity contribution in [2.75, 3.05) is 18.5 Å². The summed E-state index contributed by atoms with van der Waals surface area (Å²) < 4.78 is 0. The zero-order valence-electron chi connectivity index (χ0n) is 20.7. The van der Waals surface area contributed by atoms with Gasteiger partial charge >= 0.3 is 0 Å². The molecule has 1 aliphatic rings. The molecule has 3 rings (SSSR count). The van der Waals surface area contributed by atoms with E-state index in [2.05, 4.69) is 13.8 Å². The first-order valence-electron chi connectivity index (χ1n) is 12.4. The molecule has 176 valence electrons. The van der Waals surface area contributed by atoms with Gasteiger partial charge < -0.3 is 4.90 Å². The predicted octanol–water partition coefficient (Wildman–Crippen LogP) is 6.66. The average Bonchev–Trinajstić information content (AvgIpc) is 3.07. The number of amides is 2. The third-order valence-corrected chi connectivity index (χ3v) is 6.65. The number of aryl methyl sites for hydroxylation is 2. The monoisotopic (exact) mass is 446 g/mol. The molecule has 0 fully saturated rings. The molecular formula is C29H38N2O2. The molecule has 4 nitrogen and oxygen atoms in total. The summed E-state index contributed by atoms with van der Waals surface area (Å²) in [5.74, 6) is -0.369. The first kappa shape index (κ1) is 24.8. The van der Waals surface area contributed by atoms with Gasteiger partial charge in [-0.3, -0.25) is 14.5 Å². The van der Waals surface area contributed by atoms with Gasteiger partial charge in [-0.25, -0.2) is 0 Å². The van der Waals surface area contributed by atoms with Gasteiger partial charge in [-0.1, -0.05) is 88.3 Å². The molecule has 0 N–H and O–H groups in total. The minimum absolute atomic E-state index is 0.177. The third kappa shape index (κ3) is 5.93. The molecule has 0 radical (unpaired) electrons. The number of hydrogen-bond donors (Lipinski definition) is 0. The van der Waals surface area contributed by atoms with E-state index in [0.717, 1.165) is 36.1 Å². The van der Waals surface area contributed by atoms with Crippen molar-refractivity contribution in [1.29, 1.82) is 0 Å². The number of carbonyl (C=O) groups excluding carboxylic acids is 2. The van der Waals surface area contributed by atoms with Crippen molar-refractivity contribution in [2.24, 2.45) is 0 Å². The average molecular weight is 447 g/mol. The molecule has 0 saturated heterocycles. The molecule has 0 unspecified atom stereocenters. The van der Waals surface area contributed by atoms with Crippen LogP contribution in [0.2, 0.25) is 0 Å². The predicted molar refractivity (Wildman–Crippen MR) is 137 cm³/mol. The highest BCUT2D eigenvalue weighted by atomic mass is 16.2. The molecule has 2 aromatic rings. The normalized spacial score (nSPS) is 13.9. The fourth-order valence-electron chi connectivity index (χ4n) is 4.42. The number of likely N-dealkylation sites (N-methyl/N-ethyl adjacent to an activating group) is 1. The van der Waals surface area contributed by atoms with Crippen LogP contribution in [0.1, 0.15) is 75.0 Å². The molecular weight excluding hydrogens is 408 g/mol. The molecule has 0 atom stereocenters. The first-order chi connectivity index (χ1) is 16.0. The van der Waals surface area contributed by atoms with Gasteiger partial charge in [0, 0.05) is 19.3 Å². The van der Waals surface area contributed by atoms with E-state index in [9.17, 15) is 9.59 Å². The summed E-state index contributed by atoms with van der Waals surface area (Å²) in [5, 5.41) is 0. The summed E-state index contributed by atoms with van der Waals surface area (Å²) >= 11 is 0. The van der Waals surface area contributed by atoms with Crippen LogP contribution in [0.15, 0.2) is 54.2 Å². The highest BCUT2D eigenvalue weighted by Crippen LogP contribution is 2.34. The fraction of sp³-hybridized carbons (Fsp3) is 0.448. The van der Waals surface area contributed by atoms with E-state index < -0.39 is 0 Å². The maximum absolute atomic E-state index is 13.5. The number of benzene rings is 2. The van der Waals surface area contributed by atoms with E-state index in [0.29, 0.717) is 17.8 Å². The highest BCUT2D eigenvalue weighted by Gasteiger charge is 2.40. The summed E-state index contributed by atoms with van der Waals surface area (Å²) in [6.07, 6.45) is 9.44. The van der Waals surface area contributed by atoms with Gasteiger partial charge in [0.15, 0.2) is 0 Å². The Morgan fingerprint density at radius 1 is 0.758 bits per heavy atom. The lowest BCUT2D eigenvalue weighted by Crippen LogP contribution is -2.35. The Hall–Kier alpha value is -2.88. The molecule has 0 aromatic heterocycles. The Labute approximate surface area is 199 Å². The number of anilines is 1. The Kier molecular flexibility index (Phi) is 8.87. The van der Waals surface area contributed by atoms with E-state index in [-0.39, 0.29) is 11.8 Å². The van der Waals surface area contributed by atoms with Gasteiger partial charge in [0.05, 0.1) is 5.57 Å². The van der Waals surface area contributed by atoms with Crippen LogP contribution in [0.4, 0.5) is 5.69 Å². The largest absolute Gasteiger partial charge is 0.339 e. The van der Waals surface area contributed by atoms with E-state index in [4.69, 9.17) is 0 Å². The number of imide groups is 1. The van der Waals surface area contributed by atoms with Crippen LogP contribution in [0, 0.1) is 13.8 Å². The van der Waals surface area contributed by atoms with Gasteiger partial charge in [0.1, 0.15) is 5.70 Å². The van der Waals surface area contributed by atoms with Crippen LogP contribution in [-0.4, -0.2) is 30.3 Å². The molecule has 2 aromatic carbocycles. The molecule has 33 heavy (non-hydrogen) atoms. The van der Waals surface area contributed by atoms with Crippen molar-refractivity contribution in [3.8, 4) is 0 Å². The summed E-state index contributed by atoms with van der Waals surface area (Å²) in [7, 11) is 1.87. The minimum Gasteiger partial charge on any atom is -0.339 e. The zero-order chi connectivity index (χ0) is 23.8. The molecule has 0 spiro atoms. The van der Waals surface area contributed by atoms with Gasteiger partial charge in [-0.05, 0) is 49.1 Å². The quantitative estimate of drug-likeness (QED) is 0.270. The van der Waals surface area contributed by atoms with E-state index in [1.807, 2.05) is 67.4 Å². The van der Waals surface area contributed by atoms with Crippen LogP contribution in [0.25, 0.3) is 5.57 Å². The smallest absolute Gasteiger partial charge is 0.278 e. The van der Waals surface area contributed by atoms with Crippen molar-refractivity contribution in [3.63, 3.8) is 0 Å². The van der Waals surface area contributed by atoms with Crippen molar-refractivity contribution >= 4 is 23.1 Å². The topological polar surface area (TPSA) is 40.6 Å². The highest BCUT2D eigenvalue weighted by molar-refractivity contribution is 6.36. The van der Waals surface area contributed by atoms with Gasteiger partial charge in [-0.15, -0.1) is 0 Å². The fourth-order valence-corrected chi connectivity index (χ4v) is 4.42. The zero-order valence-corrected chi connectivity index (χ0v) is 20.7. The summed E-state index contributed by atoms with van der Waals surface area (Å²) in [6.45, 7) is 6.81. The summed E-state index contributed by atoms with van der Waals surface area (Å²) in [4.78, 5) is 30.3. The van der Waals surface area contributed by atoms with E-state index in [1.165, 1.54) is 42.6 Å². The van der Waals surface area contributed by atoms with Crippen LogP contribution < -0.4 is 4.90 Å². The molecule has 0 bridgehead atoms. The SMILES string of the molecule is CCCCCCCCCCN1C(=O)C(c2ccc(C)c(C)c2)=C(N(C)c2ccccc2)C1=O. The molecule has 0 saturated carbocycles. The second-order valence-electron chi connectivity index (χ2n) is 9.15. The van der Waals surface area contributed by atoms with Crippen molar-refractivity contribution < 1.29 is 9.59 Å². The minimum atomic E-state index is -0.192. The lowest BCUT2D eigenvalue weighted by atomic mass is 9.99. The Morgan fingerprint density at radius 3 is 2.03 bits per heavy atom. The first-order valence-corrected chi connectivity index (χ1v) is 12.4. The van der Waals surface area contributed by atoms with Crippen LogP contribution >= 0.6 is 0 Å². The molecule has 0 aliphatic carbocycles. The number of carbonyl (C=O) groups is 2. The van der Waals surface area contributed by atoms with E-state index >= 15 is 0 Å². The number of unbranched alkanes of at least 4 members (excludes halogenated alkanes) is 7. The molecule has 1 heterocycles. The third-order valence-electron chi connectivity index (χ3n) is 6.65. The second-order valence-corrected chi connectivity index (χ2v) is 9.15. The lowest BCUT2D eigenvalue weighted by Gasteiger charge is -2.21. The van der Waals surface area contributed by atoms with Crippen LogP contribution in [-0.2, 0) is 9.59 Å². The summed E-state index contributed by atoms with van der Waals surface area (Å²) in [6, 6.07) is 15.8. The maximum atomic E-state index is 13.5. The van der Waals surface area contributed by atoms with Crippen LogP contribution in [0.5, 0.6) is 0 Å². The Balaban J connectivity index is 1.78.